The van der Waals surface area contributed by atoms with Gasteiger partial charge in [0.05, 0.1) is 5.57 Å². The van der Waals surface area contributed by atoms with Crippen LogP contribution in [0.1, 0.15) is 20.8 Å². The zero-order valence-electron chi connectivity index (χ0n) is 12.2. The summed E-state index contributed by atoms with van der Waals surface area (Å²) in [6.45, 7) is 5.04. The van der Waals surface area contributed by atoms with Crippen LogP contribution in [0.5, 0.6) is 0 Å². The zero-order valence-corrected chi connectivity index (χ0v) is 13.0. The molecule has 0 spiro atoms. The first-order valence-electron chi connectivity index (χ1n) is 6.34. The fraction of sp³-hybridized carbons (Fsp3) is 0.615. The van der Waals surface area contributed by atoms with Crippen molar-refractivity contribution in [1.82, 2.24) is 4.90 Å². The molecule has 0 aromatic heterocycles. The smallest absolute Gasteiger partial charge is 0.334 e. The topological polar surface area (TPSA) is 93.1 Å². The number of thioether (sulfide) groups is 1. The van der Waals surface area contributed by atoms with E-state index in [0.29, 0.717) is 0 Å². The molecule has 116 valence electrons. The number of carboxylic acid groups (broad SMARTS) is 1. The maximum absolute atomic E-state index is 12.3. The van der Waals surface area contributed by atoms with Gasteiger partial charge in [-0.2, -0.15) is 0 Å². The molecular formula is C13H17NO6S. The normalized spacial score (nSPS) is 28.4. The highest BCUT2D eigenvalue weighted by Crippen LogP contribution is 2.41. The van der Waals surface area contributed by atoms with Crippen LogP contribution in [-0.2, 0) is 23.9 Å². The Bertz CT molecular complexity index is 523. The van der Waals surface area contributed by atoms with Crippen molar-refractivity contribution in [1.29, 1.82) is 0 Å². The average Bonchev–Trinajstić information content (AvgIpc) is 2.35. The summed E-state index contributed by atoms with van der Waals surface area (Å²) < 4.78 is 10.3. The average molecular weight is 315 g/mol. The van der Waals surface area contributed by atoms with Gasteiger partial charge < -0.3 is 19.5 Å². The van der Waals surface area contributed by atoms with Crippen molar-refractivity contribution in [2.24, 2.45) is 0 Å². The molecule has 8 heteroatoms. The maximum atomic E-state index is 12.3. The van der Waals surface area contributed by atoms with E-state index in [1.807, 2.05) is 0 Å². The number of esters is 1. The molecule has 0 aromatic carbocycles. The molecule has 1 N–H and O–H groups in total. The fourth-order valence-corrected chi connectivity index (χ4v) is 3.45. The number of carbonyl (C=O) groups excluding carboxylic acids is 2. The molecule has 0 saturated carbocycles. The molecule has 2 aliphatic rings. The van der Waals surface area contributed by atoms with Gasteiger partial charge in [-0.3, -0.25) is 4.79 Å². The van der Waals surface area contributed by atoms with Crippen LogP contribution in [0.4, 0.5) is 0 Å². The molecule has 3 atom stereocenters. The predicted octanol–water partition coefficient (Wildman–Crippen LogP) is 0.595. The lowest BCUT2D eigenvalue weighted by atomic mass is 9.99. The summed E-state index contributed by atoms with van der Waals surface area (Å²) >= 11 is 1.15. The molecule has 0 radical (unpaired) electrons. The van der Waals surface area contributed by atoms with Crippen LogP contribution >= 0.6 is 11.8 Å². The number of carbonyl (C=O) groups is 3. The lowest BCUT2D eigenvalue weighted by Gasteiger charge is -2.50. The summed E-state index contributed by atoms with van der Waals surface area (Å²) in [4.78, 5) is 36.9. The third-order valence-electron chi connectivity index (χ3n) is 3.07. The van der Waals surface area contributed by atoms with Crippen LogP contribution in [-0.4, -0.2) is 58.1 Å². The Hall–Kier alpha value is -1.54. The second-order valence-corrected chi connectivity index (χ2v) is 6.73. The van der Waals surface area contributed by atoms with Crippen LogP contribution in [0.3, 0.4) is 0 Å². The summed E-state index contributed by atoms with van der Waals surface area (Å²) in [5.74, 6) is -2.40. The van der Waals surface area contributed by atoms with Gasteiger partial charge in [-0.1, -0.05) is 0 Å². The molecule has 0 aliphatic carbocycles. The highest BCUT2D eigenvalue weighted by molar-refractivity contribution is 8.03. The minimum atomic E-state index is -1.24. The molecule has 0 aromatic rings. The highest BCUT2D eigenvalue weighted by Gasteiger charge is 2.57. The predicted molar refractivity (Wildman–Crippen MR) is 74.4 cm³/mol. The molecule has 1 amide bonds. The highest BCUT2D eigenvalue weighted by atomic mass is 32.2. The summed E-state index contributed by atoms with van der Waals surface area (Å²) in [7, 11) is 1.40. The van der Waals surface area contributed by atoms with Gasteiger partial charge in [0.2, 0.25) is 0 Å². The molecule has 2 rings (SSSR count). The lowest BCUT2D eigenvalue weighted by molar-refractivity contribution is -0.179. The van der Waals surface area contributed by atoms with E-state index in [4.69, 9.17) is 9.47 Å². The van der Waals surface area contributed by atoms with Gasteiger partial charge >= 0.3 is 11.9 Å². The number of ether oxygens (including phenoxy) is 2. The molecule has 2 aliphatic heterocycles. The first-order valence-corrected chi connectivity index (χ1v) is 7.28. The van der Waals surface area contributed by atoms with Gasteiger partial charge in [0.15, 0.2) is 12.1 Å². The second kappa shape index (κ2) is 5.34. The summed E-state index contributed by atoms with van der Waals surface area (Å²) in [6, 6.07) is -1.23. The minimum Gasteiger partial charge on any atom is -0.478 e. The van der Waals surface area contributed by atoms with E-state index in [2.05, 4.69) is 0 Å². The van der Waals surface area contributed by atoms with Crippen molar-refractivity contribution in [2.75, 3.05) is 7.11 Å². The number of fused-ring (bicyclic) bond motifs is 1. The van der Waals surface area contributed by atoms with Gasteiger partial charge in [-0.25, -0.2) is 9.59 Å². The van der Waals surface area contributed by atoms with Crippen LogP contribution in [0.2, 0.25) is 0 Å². The third-order valence-corrected chi connectivity index (χ3v) is 4.21. The van der Waals surface area contributed by atoms with Gasteiger partial charge in [-0.05, 0) is 26.2 Å². The molecule has 21 heavy (non-hydrogen) atoms. The van der Waals surface area contributed by atoms with Crippen molar-refractivity contribution >= 4 is 29.6 Å². The Morgan fingerprint density at radius 3 is 2.48 bits per heavy atom. The SMILES string of the molecule is COC1C(=O)N2C(C(=O)OC(C)(C)C)C(C(=O)O)=CSC12. The van der Waals surface area contributed by atoms with Crippen LogP contribution in [0.25, 0.3) is 0 Å². The minimum absolute atomic E-state index is 0.159. The van der Waals surface area contributed by atoms with Crippen molar-refractivity contribution in [2.45, 2.75) is 43.9 Å². The summed E-state index contributed by atoms with van der Waals surface area (Å²) in [6.07, 6.45) is -0.661. The molecule has 2 heterocycles. The van der Waals surface area contributed by atoms with E-state index in [1.54, 1.807) is 20.8 Å². The fourth-order valence-electron chi connectivity index (χ4n) is 2.21. The van der Waals surface area contributed by atoms with Gasteiger partial charge in [-0.15, -0.1) is 11.8 Å². The standard InChI is InChI=1S/C13H17NO6S/c1-13(2,3)20-12(18)7-6(11(16)17)5-21-10-8(19-4)9(15)14(7)10/h5,7-8,10H,1-4H3,(H,16,17). The molecular weight excluding hydrogens is 298 g/mol. The van der Waals surface area contributed by atoms with E-state index in [0.717, 1.165) is 11.8 Å². The van der Waals surface area contributed by atoms with E-state index in [1.165, 1.54) is 17.4 Å². The first kappa shape index (κ1) is 15.8. The van der Waals surface area contributed by atoms with Crippen LogP contribution in [0, 0.1) is 0 Å². The Labute approximate surface area is 126 Å². The molecule has 1 fully saturated rings. The molecule has 3 unspecified atom stereocenters. The number of hydrogen-bond donors (Lipinski definition) is 1. The van der Waals surface area contributed by atoms with E-state index in [9.17, 15) is 19.5 Å². The maximum Gasteiger partial charge on any atom is 0.334 e. The number of methoxy groups -OCH3 is 1. The third kappa shape index (κ3) is 2.77. The van der Waals surface area contributed by atoms with E-state index >= 15 is 0 Å². The number of carboxylic acids is 1. The second-order valence-electron chi connectivity index (χ2n) is 5.74. The number of amides is 1. The van der Waals surface area contributed by atoms with Crippen molar-refractivity contribution in [3.05, 3.63) is 11.0 Å². The van der Waals surface area contributed by atoms with Crippen LogP contribution in [0.15, 0.2) is 11.0 Å². The number of nitrogens with zero attached hydrogens (tertiary/aromatic N) is 1. The summed E-state index contributed by atoms with van der Waals surface area (Å²) in [5.41, 5.74) is -0.927. The number of rotatable bonds is 3. The first-order chi connectivity index (χ1) is 9.67. The monoisotopic (exact) mass is 315 g/mol. The van der Waals surface area contributed by atoms with Crippen LogP contribution < -0.4 is 0 Å². The number of hydrogen-bond acceptors (Lipinski definition) is 6. The summed E-state index contributed by atoms with van der Waals surface area (Å²) in [5, 5.41) is 10.2. The van der Waals surface area contributed by atoms with Crippen molar-refractivity contribution in [3.63, 3.8) is 0 Å². The Balaban J connectivity index is 2.31. The molecule has 1 saturated heterocycles. The van der Waals surface area contributed by atoms with Crippen molar-refractivity contribution < 1.29 is 29.0 Å². The van der Waals surface area contributed by atoms with Gasteiger partial charge in [0.25, 0.3) is 5.91 Å². The van der Waals surface area contributed by atoms with Crippen molar-refractivity contribution in [3.8, 4) is 0 Å². The zero-order chi connectivity index (χ0) is 15.9. The van der Waals surface area contributed by atoms with E-state index < -0.39 is 41.0 Å². The molecule has 0 bridgehead atoms. The van der Waals surface area contributed by atoms with Gasteiger partial charge in [0, 0.05) is 7.11 Å². The van der Waals surface area contributed by atoms with Gasteiger partial charge in [0.1, 0.15) is 11.0 Å². The quantitative estimate of drug-likeness (QED) is 0.602. The Kier molecular flexibility index (Phi) is 4.03. The Morgan fingerprint density at radius 1 is 1.38 bits per heavy atom. The number of β-lactam (4-membered cyclic amide) rings is 1. The van der Waals surface area contributed by atoms with E-state index in [-0.39, 0.29) is 5.57 Å². The number of aliphatic carboxylic acids is 1. The molecule has 7 nitrogen and oxygen atoms in total. The lowest BCUT2D eigenvalue weighted by Crippen LogP contribution is -2.70. The largest absolute Gasteiger partial charge is 0.478 e. The Morgan fingerprint density at radius 2 is 2.00 bits per heavy atom.